The van der Waals surface area contributed by atoms with Crippen LogP contribution in [-0.4, -0.2) is 15.2 Å². The summed E-state index contributed by atoms with van der Waals surface area (Å²) in [6, 6.07) is 1.65. The van der Waals surface area contributed by atoms with E-state index in [0.717, 1.165) is 30.5 Å². The van der Waals surface area contributed by atoms with E-state index in [-0.39, 0.29) is 5.75 Å². The number of aromatic nitrogens is 1. The van der Waals surface area contributed by atoms with Crippen LogP contribution in [0.4, 0.5) is 0 Å². The van der Waals surface area contributed by atoms with Crippen LogP contribution < -0.4 is 0 Å². The van der Waals surface area contributed by atoms with Gasteiger partial charge in [-0.25, -0.2) is 0 Å². The van der Waals surface area contributed by atoms with Crippen molar-refractivity contribution < 1.29 is 10.2 Å². The lowest BCUT2D eigenvalue weighted by Gasteiger charge is -2.21. The maximum atomic E-state index is 9.64. The minimum absolute atomic E-state index is 0.279. The van der Waals surface area contributed by atoms with Gasteiger partial charge in [-0.1, -0.05) is 0 Å². The number of hydrogen-bond donors (Lipinski definition) is 2. The van der Waals surface area contributed by atoms with Gasteiger partial charge in [-0.05, 0) is 26.2 Å². The zero-order valence-electron chi connectivity index (χ0n) is 7.62. The van der Waals surface area contributed by atoms with E-state index < -0.39 is 6.10 Å². The Labute approximate surface area is 77.1 Å². The number of aromatic hydroxyl groups is 1. The van der Waals surface area contributed by atoms with Gasteiger partial charge in [0.2, 0.25) is 0 Å². The molecule has 0 saturated carbocycles. The van der Waals surface area contributed by atoms with Gasteiger partial charge in [0.15, 0.2) is 0 Å². The van der Waals surface area contributed by atoms with Crippen molar-refractivity contribution in [1.29, 1.82) is 0 Å². The summed E-state index contributed by atoms with van der Waals surface area (Å²) >= 11 is 0. The van der Waals surface area contributed by atoms with Gasteiger partial charge >= 0.3 is 0 Å². The summed E-state index contributed by atoms with van der Waals surface area (Å²) in [4.78, 5) is 4.25. The van der Waals surface area contributed by atoms with Crippen molar-refractivity contribution in [1.82, 2.24) is 4.98 Å². The van der Waals surface area contributed by atoms with E-state index in [1.54, 1.807) is 6.07 Å². The Morgan fingerprint density at radius 3 is 3.08 bits per heavy atom. The summed E-state index contributed by atoms with van der Waals surface area (Å²) in [6.07, 6.45) is 2.01. The van der Waals surface area contributed by atoms with E-state index in [2.05, 4.69) is 4.98 Å². The molecule has 1 unspecified atom stereocenters. The van der Waals surface area contributed by atoms with Crippen LogP contribution in [0, 0.1) is 6.92 Å². The first-order valence-corrected chi connectivity index (χ1v) is 4.56. The summed E-state index contributed by atoms with van der Waals surface area (Å²) in [5.74, 6) is 0.279. The molecule has 0 bridgehead atoms. The number of aliphatic hydroxyl groups is 1. The Hall–Kier alpha value is -1.09. The highest BCUT2D eigenvalue weighted by atomic mass is 16.3. The zero-order chi connectivity index (χ0) is 9.42. The lowest BCUT2D eigenvalue weighted by Crippen LogP contribution is -2.12. The molecule has 13 heavy (non-hydrogen) atoms. The molecular formula is C10H13NO2. The average molecular weight is 179 g/mol. The lowest BCUT2D eigenvalue weighted by molar-refractivity contribution is 0.150. The lowest BCUT2D eigenvalue weighted by atomic mass is 9.93. The summed E-state index contributed by atoms with van der Waals surface area (Å²) in [5.41, 5.74) is 2.25. The normalized spacial score (nSPS) is 21.2. The molecule has 0 fully saturated rings. The molecule has 3 heteroatoms. The van der Waals surface area contributed by atoms with Crippen LogP contribution in [0.2, 0.25) is 0 Å². The van der Waals surface area contributed by atoms with Gasteiger partial charge in [0, 0.05) is 17.3 Å². The van der Waals surface area contributed by atoms with Crippen molar-refractivity contribution in [3.63, 3.8) is 0 Å². The number of hydrogen-bond acceptors (Lipinski definition) is 3. The fraction of sp³-hybridized carbons (Fsp3) is 0.500. The molecule has 0 aliphatic heterocycles. The molecule has 1 aliphatic rings. The minimum Gasteiger partial charge on any atom is -0.508 e. The van der Waals surface area contributed by atoms with Gasteiger partial charge in [-0.3, -0.25) is 4.98 Å². The molecule has 0 radical (unpaired) electrons. The summed E-state index contributed by atoms with van der Waals surface area (Å²) < 4.78 is 0. The van der Waals surface area contributed by atoms with E-state index in [1.165, 1.54) is 0 Å². The molecule has 2 N–H and O–H groups in total. The van der Waals surface area contributed by atoms with E-state index >= 15 is 0 Å². The second-order valence-electron chi connectivity index (χ2n) is 3.55. The molecule has 0 saturated heterocycles. The van der Waals surface area contributed by atoms with Crippen LogP contribution in [0.1, 0.15) is 35.9 Å². The van der Waals surface area contributed by atoms with Crippen molar-refractivity contribution in [2.75, 3.05) is 0 Å². The number of aryl methyl sites for hydroxylation is 1. The maximum absolute atomic E-state index is 9.64. The van der Waals surface area contributed by atoms with E-state index in [1.807, 2.05) is 6.92 Å². The maximum Gasteiger partial charge on any atom is 0.122 e. The number of pyridine rings is 1. The van der Waals surface area contributed by atoms with Gasteiger partial charge in [-0.2, -0.15) is 0 Å². The molecule has 1 aromatic heterocycles. The second-order valence-corrected chi connectivity index (χ2v) is 3.55. The van der Waals surface area contributed by atoms with Gasteiger partial charge < -0.3 is 10.2 Å². The molecule has 3 nitrogen and oxygen atoms in total. The Morgan fingerprint density at radius 2 is 2.31 bits per heavy atom. The van der Waals surface area contributed by atoms with Crippen LogP contribution in [-0.2, 0) is 6.42 Å². The van der Waals surface area contributed by atoms with Crippen molar-refractivity contribution in [2.45, 2.75) is 32.3 Å². The third-order valence-electron chi connectivity index (χ3n) is 2.48. The molecule has 70 valence electrons. The molecule has 1 atom stereocenters. The first-order valence-electron chi connectivity index (χ1n) is 4.56. The largest absolute Gasteiger partial charge is 0.508 e. The molecule has 2 rings (SSSR count). The Bertz CT molecular complexity index is 336. The highest BCUT2D eigenvalue weighted by Gasteiger charge is 2.22. The highest BCUT2D eigenvalue weighted by molar-refractivity contribution is 5.39. The fourth-order valence-electron chi connectivity index (χ4n) is 1.85. The molecule has 1 aromatic rings. The monoisotopic (exact) mass is 179 g/mol. The minimum atomic E-state index is -0.491. The Morgan fingerprint density at radius 1 is 1.54 bits per heavy atom. The van der Waals surface area contributed by atoms with Crippen molar-refractivity contribution in [3.05, 3.63) is 23.0 Å². The predicted molar refractivity (Wildman–Crippen MR) is 48.5 cm³/mol. The molecule has 1 heterocycles. The SMILES string of the molecule is Cc1cc(O)c2c(n1)C(O)CCC2. The average Bonchev–Trinajstić information content (AvgIpc) is 2.07. The standard InChI is InChI=1S/C10H13NO2/c1-6-5-9(13)7-3-2-4-8(12)10(7)11-6/h5,8,12H,2-4H2,1H3,(H,11,13). The molecule has 0 aromatic carbocycles. The van der Waals surface area contributed by atoms with Crippen LogP contribution >= 0.6 is 0 Å². The summed E-state index contributed by atoms with van der Waals surface area (Å²) in [6.45, 7) is 1.82. The third kappa shape index (κ3) is 1.40. The molecule has 1 aliphatic carbocycles. The van der Waals surface area contributed by atoms with Gasteiger partial charge in [-0.15, -0.1) is 0 Å². The van der Waals surface area contributed by atoms with E-state index in [4.69, 9.17) is 0 Å². The first kappa shape index (κ1) is 8.51. The van der Waals surface area contributed by atoms with Crippen molar-refractivity contribution in [3.8, 4) is 5.75 Å². The number of fused-ring (bicyclic) bond motifs is 1. The topological polar surface area (TPSA) is 53.4 Å². The van der Waals surface area contributed by atoms with Crippen molar-refractivity contribution in [2.24, 2.45) is 0 Å². The smallest absolute Gasteiger partial charge is 0.122 e. The van der Waals surface area contributed by atoms with Crippen molar-refractivity contribution >= 4 is 0 Å². The van der Waals surface area contributed by atoms with E-state index in [0.29, 0.717) is 5.69 Å². The molecule has 0 spiro atoms. The van der Waals surface area contributed by atoms with Gasteiger partial charge in [0.05, 0.1) is 11.8 Å². The Balaban J connectivity index is 2.56. The fourth-order valence-corrected chi connectivity index (χ4v) is 1.85. The molecular weight excluding hydrogens is 166 g/mol. The Kier molecular flexibility index (Phi) is 1.96. The van der Waals surface area contributed by atoms with E-state index in [9.17, 15) is 10.2 Å². The van der Waals surface area contributed by atoms with Gasteiger partial charge in [0.1, 0.15) is 5.75 Å². The van der Waals surface area contributed by atoms with Crippen LogP contribution in [0.5, 0.6) is 5.75 Å². The van der Waals surface area contributed by atoms with Crippen LogP contribution in [0.3, 0.4) is 0 Å². The molecule has 0 amide bonds. The highest BCUT2D eigenvalue weighted by Crippen LogP contribution is 2.33. The number of aliphatic hydroxyl groups excluding tert-OH is 1. The number of rotatable bonds is 0. The summed E-state index contributed by atoms with van der Waals surface area (Å²) in [7, 11) is 0. The first-order chi connectivity index (χ1) is 6.18. The predicted octanol–water partition coefficient (Wildman–Crippen LogP) is 1.47. The third-order valence-corrected chi connectivity index (χ3v) is 2.48. The second kappa shape index (κ2) is 3.00. The van der Waals surface area contributed by atoms with Crippen LogP contribution in [0.25, 0.3) is 0 Å². The van der Waals surface area contributed by atoms with Crippen LogP contribution in [0.15, 0.2) is 6.07 Å². The number of nitrogens with zero attached hydrogens (tertiary/aromatic N) is 1. The van der Waals surface area contributed by atoms with Gasteiger partial charge in [0.25, 0.3) is 0 Å². The zero-order valence-corrected chi connectivity index (χ0v) is 7.62. The quantitative estimate of drug-likeness (QED) is 0.634. The summed E-state index contributed by atoms with van der Waals surface area (Å²) in [5, 5.41) is 19.2.